The molecule has 0 saturated heterocycles. The van der Waals surface area contributed by atoms with Gasteiger partial charge in [0.2, 0.25) is 0 Å². The Labute approximate surface area is 115 Å². The molecule has 1 aromatic rings. The van der Waals surface area contributed by atoms with Gasteiger partial charge in [-0.15, -0.1) is 11.3 Å². The molecule has 0 spiro atoms. The lowest BCUT2D eigenvalue weighted by atomic mass is 9.95. The Morgan fingerprint density at radius 3 is 2.78 bits per heavy atom. The van der Waals surface area contributed by atoms with Gasteiger partial charge in [0.1, 0.15) is 0 Å². The normalized spacial score (nSPS) is 25.1. The van der Waals surface area contributed by atoms with Gasteiger partial charge in [-0.3, -0.25) is 0 Å². The summed E-state index contributed by atoms with van der Waals surface area (Å²) in [5.41, 5.74) is 7.67. The summed E-state index contributed by atoms with van der Waals surface area (Å²) in [5.74, 6) is 0.676. The fraction of sp³-hybridized carbons (Fsp3) is 0.733. The number of thiophene rings is 1. The summed E-state index contributed by atoms with van der Waals surface area (Å²) in [6, 6.07) is 2.71. The van der Waals surface area contributed by atoms with Crippen molar-refractivity contribution < 1.29 is 0 Å². The van der Waals surface area contributed by atoms with Crippen LogP contribution in [0.1, 0.15) is 47.4 Å². The van der Waals surface area contributed by atoms with E-state index in [1.807, 2.05) is 11.3 Å². The topological polar surface area (TPSA) is 38.0 Å². The molecule has 1 fully saturated rings. The van der Waals surface area contributed by atoms with Crippen LogP contribution >= 0.6 is 11.3 Å². The molecule has 0 aromatic carbocycles. The zero-order chi connectivity index (χ0) is 13.0. The lowest BCUT2D eigenvalue weighted by molar-refractivity contribution is 0.375. The minimum absolute atomic E-state index is 0.409. The van der Waals surface area contributed by atoms with Gasteiger partial charge in [-0.25, -0.2) is 0 Å². The Hall–Kier alpha value is -0.380. The van der Waals surface area contributed by atoms with Crippen molar-refractivity contribution in [3.05, 3.63) is 21.4 Å². The van der Waals surface area contributed by atoms with Crippen LogP contribution in [0.4, 0.5) is 0 Å². The average Bonchev–Trinajstić information content (AvgIpc) is 2.53. The monoisotopic (exact) mass is 266 g/mol. The van der Waals surface area contributed by atoms with Gasteiger partial charge in [0.15, 0.2) is 0 Å². The molecule has 2 rings (SSSR count). The molecule has 2 unspecified atom stereocenters. The van der Waals surface area contributed by atoms with Crippen molar-refractivity contribution >= 4 is 11.3 Å². The lowest BCUT2D eigenvalue weighted by Crippen LogP contribution is -2.36. The fourth-order valence-electron chi connectivity index (χ4n) is 2.78. The third-order valence-corrected chi connectivity index (χ3v) is 5.29. The molecule has 3 N–H and O–H groups in total. The molecule has 1 heterocycles. The van der Waals surface area contributed by atoms with E-state index in [0.717, 1.165) is 13.1 Å². The molecule has 102 valence electrons. The van der Waals surface area contributed by atoms with Crippen LogP contribution in [-0.4, -0.2) is 12.6 Å². The molecular weight excluding hydrogens is 240 g/mol. The van der Waals surface area contributed by atoms with E-state index in [-0.39, 0.29) is 0 Å². The summed E-state index contributed by atoms with van der Waals surface area (Å²) in [7, 11) is 0. The van der Waals surface area contributed by atoms with E-state index in [0.29, 0.717) is 12.0 Å². The summed E-state index contributed by atoms with van der Waals surface area (Å²) in [6.07, 6.45) is 6.56. The molecule has 18 heavy (non-hydrogen) atoms. The molecule has 1 saturated carbocycles. The Morgan fingerprint density at radius 2 is 2.06 bits per heavy atom. The van der Waals surface area contributed by atoms with Gasteiger partial charge < -0.3 is 11.1 Å². The smallest absolute Gasteiger partial charge is 0.0300 e. The maximum absolute atomic E-state index is 6.25. The van der Waals surface area contributed by atoms with Crippen molar-refractivity contribution in [2.24, 2.45) is 11.7 Å². The minimum Gasteiger partial charge on any atom is -0.327 e. The molecule has 1 aliphatic carbocycles. The van der Waals surface area contributed by atoms with Crippen molar-refractivity contribution in [2.75, 3.05) is 6.54 Å². The van der Waals surface area contributed by atoms with Crippen molar-refractivity contribution in [2.45, 2.75) is 58.5 Å². The third-order valence-electron chi connectivity index (χ3n) is 4.14. The highest BCUT2D eigenvalue weighted by Crippen LogP contribution is 2.23. The van der Waals surface area contributed by atoms with E-state index < -0.39 is 0 Å². The van der Waals surface area contributed by atoms with Crippen LogP contribution in [0, 0.1) is 19.8 Å². The van der Waals surface area contributed by atoms with Crippen molar-refractivity contribution in [3.63, 3.8) is 0 Å². The van der Waals surface area contributed by atoms with Gasteiger partial charge in [0.05, 0.1) is 0 Å². The van der Waals surface area contributed by atoms with Crippen LogP contribution in [0.3, 0.4) is 0 Å². The predicted molar refractivity (Wildman–Crippen MR) is 80.1 cm³/mol. The van der Waals surface area contributed by atoms with Crippen LogP contribution in [0.25, 0.3) is 0 Å². The summed E-state index contributed by atoms with van der Waals surface area (Å²) in [4.78, 5) is 2.89. The quantitative estimate of drug-likeness (QED) is 0.820. The summed E-state index contributed by atoms with van der Waals surface area (Å²) in [5, 5.41) is 3.60. The van der Waals surface area contributed by atoms with Gasteiger partial charge in [0.25, 0.3) is 0 Å². The highest BCUT2D eigenvalue weighted by atomic mass is 32.1. The summed E-state index contributed by atoms with van der Waals surface area (Å²) >= 11 is 1.91. The van der Waals surface area contributed by atoms with Crippen LogP contribution in [0.5, 0.6) is 0 Å². The second-order valence-electron chi connectivity index (χ2n) is 5.64. The average molecular weight is 266 g/mol. The van der Waals surface area contributed by atoms with Crippen LogP contribution in [0.2, 0.25) is 0 Å². The Bertz CT molecular complexity index is 353. The molecule has 0 bridgehead atoms. The maximum Gasteiger partial charge on any atom is 0.0300 e. The van der Waals surface area contributed by atoms with E-state index >= 15 is 0 Å². The first-order valence-electron chi connectivity index (χ1n) is 7.19. The highest BCUT2D eigenvalue weighted by molar-refractivity contribution is 7.12. The fourth-order valence-corrected chi connectivity index (χ4v) is 3.81. The minimum atomic E-state index is 0.409. The second-order valence-corrected chi connectivity index (χ2v) is 6.99. The van der Waals surface area contributed by atoms with E-state index in [4.69, 9.17) is 5.73 Å². The third kappa shape index (κ3) is 3.81. The van der Waals surface area contributed by atoms with E-state index in [1.54, 1.807) is 0 Å². The Morgan fingerprint density at radius 1 is 1.28 bits per heavy atom. The molecule has 0 radical (unpaired) electrons. The molecule has 0 amide bonds. The van der Waals surface area contributed by atoms with Crippen LogP contribution in [0.15, 0.2) is 6.07 Å². The van der Waals surface area contributed by atoms with E-state index in [1.165, 1.54) is 47.4 Å². The largest absolute Gasteiger partial charge is 0.327 e. The molecule has 3 heteroatoms. The number of hydrogen-bond acceptors (Lipinski definition) is 3. The lowest BCUT2D eigenvalue weighted by Gasteiger charge is -2.21. The number of nitrogens with one attached hydrogen (secondary N) is 1. The summed E-state index contributed by atoms with van der Waals surface area (Å²) < 4.78 is 0. The van der Waals surface area contributed by atoms with Gasteiger partial charge in [-0.05, 0) is 50.8 Å². The zero-order valence-electron chi connectivity index (χ0n) is 11.7. The van der Waals surface area contributed by atoms with Crippen LogP contribution in [-0.2, 0) is 6.54 Å². The Kier molecular flexibility index (Phi) is 5.22. The molecule has 0 aliphatic heterocycles. The maximum atomic E-state index is 6.25. The molecule has 2 nitrogen and oxygen atoms in total. The van der Waals surface area contributed by atoms with Crippen molar-refractivity contribution in [3.8, 4) is 0 Å². The number of hydrogen-bond donors (Lipinski definition) is 2. The van der Waals surface area contributed by atoms with E-state index in [9.17, 15) is 0 Å². The predicted octanol–water partition coefficient (Wildman–Crippen LogP) is 3.36. The first-order chi connectivity index (χ1) is 8.66. The van der Waals surface area contributed by atoms with Crippen molar-refractivity contribution in [1.82, 2.24) is 5.32 Å². The van der Waals surface area contributed by atoms with Gasteiger partial charge in [0, 0.05) is 22.3 Å². The highest BCUT2D eigenvalue weighted by Gasteiger charge is 2.19. The van der Waals surface area contributed by atoms with Gasteiger partial charge >= 0.3 is 0 Å². The van der Waals surface area contributed by atoms with Gasteiger partial charge in [-0.1, -0.05) is 19.3 Å². The number of nitrogens with two attached hydrogens (primary N) is 1. The second kappa shape index (κ2) is 6.69. The van der Waals surface area contributed by atoms with Crippen LogP contribution < -0.4 is 11.1 Å². The molecule has 1 aromatic heterocycles. The molecule has 2 atom stereocenters. The first kappa shape index (κ1) is 14.0. The standard InChI is InChI=1S/C15H26N2S/c1-11-8-14(18-12(11)2)10-17-9-13-6-4-3-5-7-15(13)16/h8,13,15,17H,3-7,9-10,16H2,1-2H3. The van der Waals surface area contributed by atoms with Gasteiger partial charge in [-0.2, -0.15) is 0 Å². The zero-order valence-corrected chi connectivity index (χ0v) is 12.5. The number of aryl methyl sites for hydroxylation is 2. The van der Waals surface area contributed by atoms with E-state index in [2.05, 4.69) is 25.2 Å². The van der Waals surface area contributed by atoms with Crippen molar-refractivity contribution in [1.29, 1.82) is 0 Å². The SMILES string of the molecule is Cc1cc(CNCC2CCCCCC2N)sc1C. The molecule has 1 aliphatic rings. The Balaban J connectivity index is 1.77. The summed E-state index contributed by atoms with van der Waals surface area (Å²) in [6.45, 7) is 6.47. The first-order valence-corrected chi connectivity index (χ1v) is 8.00. The molecular formula is C15H26N2S. The number of rotatable bonds is 4.